The van der Waals surface area contributed by atoms with Crippen molar-refractivity contribution in [3.05, 3.63) is 85.5 Å². The average molecular weight is 410 g/mol. The predicted octanol–water partition coefficient (Wildman–Crippen LogP) is 3.83. The number of hydrogen-bond acceptors (Lipinski definition) is 3. The number of aromatic amines is 1. The van der Waals surface area contributed by atoms with Crippen LogP contribution < -0.4 is 11.2 Å². The number of nitrogens with one attached hydrogen (secondary N) is 1. The molecule has 150 valence electrons. The van der Waals surface area contributed by atoms with Gasteiger partial charge in [-0.2, -0.15) is 0 Å². The molecule has 0 saturated heterocycles. The maximum Gasteiger partial charge on any atom is 0.328 e. The Labute approximate surface area is 174 Å². The molecule has 1 aliphatic rings. The van der Waals surface area contributed by atoms with Crippen LogP contribution in [0.4, 0.5) is 0 Å². The number of para-hydroxylation sites is 1. The maximum absolute atomic E-state index is 12.7. The van der Waals surface area contributed by atoms with Crippen molar-refractivity contribution in [3.63, 3.8) is 0 Å². The summed E-state index contributed by atoms with van der Waals surface area (Å²) in [5.74, 6) is 0. The molecule has 1 aliphatic heterocycles. The van der Waals surface area contributed by atoms with Gasteiger partial charge in [-0.1, -0.05) is 53.6 Å². The Bertz CT molecular complexity index is 1190. The van der Waals surface area contributed by atoms with Crippen molar-refractivity contribution < 1.29 is 0 Å². The van der Waals surface area contributed by atoms with Gasteiger partial charge in [-0.25, -0.2) is 4.79 Å². The number of rotatable bonds is 5. The first kappa shape index (κ1) is 19.7. The molecule has 2 heterocycles. The van der Waals surface area contributed by atoms with E-state index in [1.54, 1.807) is 18.2 Å². The highest BCUT2D eigenvalue weighted by Gasteiger charge is 2.14. The summed E-state index contributed by atoms with van der Waals surface area (Å²) in [4.78, 5) is 30.1. The minimum absolute atomic E-state index is 0.286. The van der Waals surface area contributed by atoms with Crippen LogP contribution in [0.1, 0.15) is 24.0 Å². The molecule has 4 rings (SSSR count). The molecule has 0 aliphatic carbocycles. The summed E-state index contributed by atoms with van der Waals surface area (Å²) in [6.07, 6.45) is 4.04. The molecule has 6 heteroatoms. The minimum Gasteiger partial charge on any atom is -0.305 e. The van der Waals surface area contributed by atoms with E-state index in [0.29, 0.717) is 22.5 Å². The van der Waals surface area contributed by atoms with Gasteiger partial charge < -0.3 is 4.98 Å². The summed E-state index contributed by atoms with van der Waals surface area (Å²) in [6, 6.07) is 13.7. The topological polar surface area (TPSA) is 58.1 Å². The van der Waals surface area contributed by atoms with Crippen molar-refractivity contribution in [2.24, 2.45) is 0 Å². The lowest BCUT2D eigenvalue weighted by atomic mass is 9.98. The van der Waals surface area contributed by atoms with E-state index in [9.17, 15) is 9.59 Å². The van der Waals surface area contributed by atoms with Crippen LogP contribution in [-0.2, 0) is 6.54 Å². The quantitative estimate of drug-likeness (QED) is 0.696. The Hall–Kier alpha value is -2.63. The van der Waals surface area contributed by atoms with Gasteiger partial charge in [0.25, 0.3) is 5.56 Å². The van der Waals surface area contributed by atoms with E-state index >= 15 is 0 Å². The standard InChI is InChI=1S/C23H24ClN3O2/c1-16-5-2-6-18(15-16)17-9-13-26(14-10-17)11-4-12-27-22(28)19-7-3-8-20(24)21(19)25-23(27)29/h2-3,5-9,15H,4,10-14H2,1H3,(H,25,29). The largest absolute Gasteiger partial charge is 0.328 e. The van der Waals surface area contributed by atoms with Gasteiger partial charge in [0.15, 0.2) is 0 Å². The molecule has 5 nitrogen and oxygen atoms in total. The maximum atomic E-state index is 12.7. The van der Waals surface area contributed by atoms with Gasteiger partial charge in [0.1, 0.15) is 0 Å². The first-order valence-corrected chi connectivity index (χ1v) is 10.3. The van der Waals surface area contributed by atoms with E-state index in [0.717, 1.165) is 32.5 Å². The Morgan fingerprint density at radius 3 is 2.69 bits per heavy atom. The summed E-state index contributed by atoms with van der Waals surface area (Å²) in [5, 5.41) is 0.828. The molecule has 0 unspecified atom stereocenters. The van der Waals surface area contributed by atoms with Crippen molar-refractivity contribution >= 4 is 28.1 Å². The number of benzene rings is 2. The molecule has 0 amide bonds. The second-order valence-electron chi connectivity index (χ2n) is 7.55. The molecule has 0 atom stereocenters. The molecular formula is C23H24ClN3O2. The van der Waals surface area contributed by atoms with Gasteiger partial charge in [-0.15, -0.1) is 0 Å². The second-order valence-corrected chi connectivity index (χ2v) is 7.96. The summed E-state index contributed by atoms with van der Waals surface area (Å²) >= 11 is 6.09. The molecule has 3 aromatic rings. The van der Waals surface area contributed by atoms with Crippen molar-refractivity contribution in [3.8, 4) is 0 Å². The lowest BCUT2D eigenvalue weighted by Gasteiger charge is -2.26. The molecule has 2 aromatic carbocycles. The van der Waals surface area contributed by atoms with E-state index in [4.69, 9.17) is 11.6 Å². The second kappa shape index (κ2) is 8.39. The average Bonchev–Trinajstić information content (AvgIpc) is 2.72. The molecule has 29 heavy (non-hydrogen) atoms. The lowest BCUT2D eigenvalue weighted by molar-refractivity contribution is 0.290. The summed E-state index contributed by atoms with van der Waals surface area (Å²) in [6.45, 7) is 5.22. The van der Waals surface area contributed by atoms with Gasteiger partial charge in [0.05, 0.1) is 15.9 Å². The smallest absolute Gasteiger partial charge is 0.305 e. The number of fused-ring (bicyclic) bond motifs is 1. The van der Waals surface area contributed by atoms with Crippen LogP contribution in [0.3, 0.4) is 0 Å². The Morgan fingerprint density at radius 1 is 1.10 bits per heavy atom. The number of hydrogen-bond donors (Lipinski definition) is 1. The molecule has 0 fully saturated rings. The summed E-state index contributed by atoms with van der Waals surface area (Å²) in [7, 11) is 0. The highest BCUT2D eigenvalue weighted by molar-refractivity contribution is 6.34. The molecular weight excluding hydrogens is 386 g/mol. The minimum atomic E-state index is -0.407. The third kappa shape index (κ3) is 4.21. The molecule has 0 spiro atoms. The number of aryl methyl sites for hydroxylation is 1. The Kier molecular flexibility index (Phi) is 5.69. The lowest BCUT2D eigenvalue weighted by Crippen LogP contribution is -2.37. The fourth-order valence-electron chi connectivity index (χ4n) is 3.92. The van der Waals surface area contributed by atoms with Gasteiger partial charge in [0, 0.05) is 26.2 Å². The highest BCUT2D eigenvalue weighted by atomic mass is 35.5. The van der Waals surface area contributed by atoms with E-state index in [1.807, 2.05) is 0 Å². The SMILES string of the molecule is Cc1cccc(C2=CCN(CCCn3c(=O)[nH]c4c(Cl)cccc4c3=O)CC2)c1. The predicted molar refractivity (Wildman–Crippen MR) is 119 cm³/mol. The number of H-pyrrole nitrogens is 1. The monoisotopic (exact) mass is 409 g/mol. The van der Waals surface area contributed by atoms with Crippen LogP contribution >= 0.6 is 11.6 Å². The van der Waals surface area contributed by atoms with E-state index < -0.39 is 5.69 Å². The molecule has 1 aromatic heterocycles. The summed E-state index contributed by atoms with van der Waals surface area (Å²) < 4.78 is 1.27. The van der Waals surface area contributed by atoms with Gasteiger partial charge in [-0.3, -0.25) is 14.3 Å². The van der Waals surface area contributed by atoms with Gasteiger partial charge >= 0.3 is 5.69 Å². The van der Waals surface area contributed by atoms with Gasteiger partial charge in [-0.05, 0) is 43.0 Å². The van der Waals surface area contributed by atoms with Crippen LogP contribution in [0, 0.1) is 6.92 Å². The Balaban J connectivity index is 1.40. The molecule has 0 saturated carbocycles. The van der Waals surface area contributed by atoms with Crippen molar-refractivity contribution in [1.82, 2.24) is 14.5 Å². The molecule has 0 bridgehead atoms. The van der Waals surface area contributed by atoms with Gasteiger partial charge in [0.2, 0.25) is 0 Å². The molecule has 0 radical (unpaired) electrons. The fourth-order valence-corrected chi connectivity index (χ4v) is 4.14. The number of nitrogens with zero attached hydrogens (tertiary/aromatic N) is 2. The number of aromatic nitrogens is 2. The van der Waals surface area contributed by atoms with Crippen molar-refractivity contribution in [2.75, 3.05) is 19.6 Å². The van der Waals surface area contributed by atoms with E-state index in [2.05, 4.69) is 47.1 Å². The highest BCUT2D eigenvalue weighted by Crippen LogP contribution is 2.23. The van der Waals surface area contributed by atoms with Crippen molar-refractivity contribution in [2.45, 2.75) is 26.3 Å². The van der Waals surface area contributed by atoms with Crippen LogP contribution in [0.15, 0.2) is 58.1 Å². The normalized spacial score (nSPS) is 14.9. The first-order valence-electron chi connectivity index (χ1n) is 9.93. The Morgan fingerprint density at radius 2 is 1.93 bits per heavy atom. The van der Waals surface area contributed by atoms with Crippen LogP contribution in [-0.4, -0.2) is 34.1 Å². The van der Waals surface area contributed by atoms with Crippen LogP contribution in [0.5, 0.6) is 0 Å². The third-order valence-electron chi connectivity index (χ3n) is 5.50. The van der Waals surface area contributed by atoms with E-state index in [-0.39, 0.29) is 5.56 Å². The first-order chi connectivity index (χ1) is 14.0. The third-order valence-corrected chi connectivity index (χ3v) is 5.82. The number of halogens is 1. The molecule has 1 N–H and O–H groups in total. The fraction of sp³-hybridized carbons (Fsp3) is 0.304. The van der Waals surface area contributed by atoms with E-state index in [1.165, 1.54) is 21.3 Å². The van der Waals surface area contributed by atoms with Crippen LogP contribution in [0.2, 0.25) is 5.02 Å². The van der Waals surface area contributed by atoms with Crippen LogP contribution in [0.25, 0.3) is 16.5 Å². The zero-order chi connectivity index (χ0) is 20.4. The zero-order valence-corrected chi connectivity index (χ0v) is 17.2. The van der Waals surface area contributed by atoms with Crippen molar-refractivity contribution in [1.29, 1.82) is 0 Å². The summed E-state index contributed by atoms with van der Waals surface area (Å²) in [5.41, 5.74) is 3.69. The zero-order valence-electron chi connectivity index (χ0n) is 16.5.